The van der Waals surface area contributed by atoms with Crippen LogP contribution in [-0.4, -0.2) is 22.3 Å². The average molecular weight is 172 g/mol. The molecule has 5 nitrogen and oxygen atoms in total. The van der Waals surface area contributed by atoms with Gasteiger partial charge in [0.25, 0.3) is 0 Å². The summed E-state index contributed by atoms with van der Waals surface area (Å²) < 4.78 is 0. The van der Waals surface area contributed by atoms with Crippen molar-refractivity contribution in [1.82, 2.24) is 12.3 Å². The lowest BCUT2D eigenvalue weighted by Gasteiger charge is -1.99. The lowest BCUT2D eigenvalue weighted by Crippen LogP contribution is -2.29. The van der Waals surface area contributed by atoms with Gasteiger partial charge in [-0.05, 0) is 6.07 Å². The average Bonchev–Trinajstić information content (AvgIpc) is 1.88. The molecule has 0 amide bonds. The smallest absolute Gasteiger partial charge is 0.492 e. The second kappa shape index (κ2) is 5.56. The molecule has 0 bridgehead atoms. The lowest BCUT2D eigenvalue weighted by molar-refractivity contribution is 0.419. The molecule has 0 atom stereocenters. The van der Waals surface area contributed by atoms with Gasteiger partial charge in [0, 0.05) is 5.46 Å². The largest absolute Gasteiger partial charge is 0.508 e. The number of para-hydroxylation sites is 1. The summed E-state index contributed by atoms with van der Waals surface area (Å²) in [6, 6.07) is 6.07. The van der Waals surface area contributed by atoms with Crippen LogP contribution in [0.5, 0.6) is 5.75 Å². The monoisotopic (exact) mass is 172 g/mol. The van der Waals surface area contributed by atoms with Crippen LogP contribution in [-0.2, 0) is 0 Å². The fourth-order valence-corrected chi connectivity index (χ4v) is 0.706. The maximum atomic E-state index is 8.96. The van der Waals surface area contributed by atoms with E-state index in [0.717, 1.165) is 0 Å². The molecular weight excluding hydrogens is 159 g/mol. The Morgan fingerprint density at radius 1 is 1.00 bits per heavy atom. The van der Waals surface area contributed by atoms with Gasteiger partial charge in [-0.25, -0.2) is 0 Å². The first-order valence-corrected chi connectivity index (χ1v) is 2.86. The van der Waals surface area contributed by atoms with Crippen molar-refractivity contribution in [3.8, 4) is 5.75 Å². The third-order valence-corrected chi connectivity index (χ3v) is 1.21. The van der Waals surface area contributed by atoms with Crippen LogP contribution in [0.2, 0.25) is 0 Å². The van der Waals surface area contributed by atoms with Gasteiger partial charge in [-0.3, -0.25) is 0 Å². The van der Waals surface area contributed by atoms with Gasteiger partial charge < -0.3 is 27.5 Å². The third-order valence-electron chi connectivity index (χ3n) is 1.21. The zero-order valence-corrected chi connectivity index (χ0v) is 6.64. The lowest BCUT2D eigenvalue weighted by atomic mass is 9.80. The van der Waals surface area contributed by atoms with Crippen molar-refractivity contribution < 1.29 is 15.2 Å². The third kappa shape index (κ3) is 2.89. The van der Waals surface area contributed by atoms with Gasteiger partial charge in [0.15, 0.2) is 0 Å². The van der Waals surface area contributed by atoms with Gasteiger partial charge in [0.05, 0.1) is 0 Å². The highest BCUT2D eigenvalue weighted by Crippen LogP contribution is 2.02. The zero-order chi connectivity index (χ0) is 7.56. The summed E-state index contributed by atoms with van der Waals surface area (Å²) in [5.41, 5.74) is 0.127. The maximum Gasteiger partial charge on any atom is 0.492 e. The predicted molar refractivity (Wildman–Crippen MR) is 48.0 cm³/mol. The Labute approximate surface area is 71.0 Å². The minimum absolute atomic E-state index is 0. The van der Waals surface area contributed by atoms with E-state index in [9.17, 15) is 0 Å². The molecule has 12 heavy (non-hydrogen) atoms. The summed E-state index contributed by atoms with van der Waals surface area (Å²) in [5.74, 6) is -0.0995. The van der Waals surface area contributed by atoms with Crippen LogP contribution in [0.25, 0.3) is 0 Å². The molecule has 0 fully saturated rings. The molecule has 1 aromatic rings. The molecule has 0 unspecified atom stereocenters. The number of phenolic OH excluding ortho intramolecular Hbond substituents is 1. The number of rotatable bonds is 1. The van der Waals surface area contributed by atoms with Gasteiger partial charge in [-0.1, -0.05) is 18.2 Å². The van der Waals surface area contributed by atoms with E-state index in [1.54, 1.807) is 12.1 Å². The van der Waals surface area contributed by atoms with Crippen molar-refractivity contribution in [2.24, 2.45) is 0 Å². The standard InChI is InChI=1S/C6H7BO3.2H3N/c8-6-4-2-1-3-5(6)7(9)10;;/h1-4,8-10H;2*1H3. The van der Waals surface area contributed by atoms with Crippen LogP contribution in [0.15, 0.2) is 24.3 Å². The van der Waals surface area contributed by atoms with Gasteiger partial charge >= 0.3 is 7.12 Å². The Balaban J connectivity index is 0. The molecular formula is C6H13BN2O3. The van der Waals surface area contributed by atoms with E-state index < -0.39 is 7.12 Å². The highest BCUT2D eigenvalue weighted by molar-refractivity contribution is 6.59. The Bertz CT molecular complexity index is 232. The van der Waals surface area contributed by atoms with Crippen LogP contribution < -0.4 is 17.8 Å². The van der Waals surface area contributed by atoms with Gasteiger partial charge in [0.1, 0.15) is 5.75 Å². The van der Waals surface area contributed by atoms with E-state index in [2.05, 4.69) is 0 Å². The van der Waals surface area contributed by atoms with Crippen LogP contribution in [0.4, 0.5) is 0 Å². The molecule has 0 radical (unpaired) electrons. The van der Waals surface area contributed by atoms with Crippen molar-refractivity contribution in [2.45, 2.75) is 0 Å². The molecule has 0 aliphatic heterocycles. The topological polar surface area (TPSA) is 131 Å². The molecule has 0 aliphatic carbocycles. The van der Waals surface area contributed by atoms with E-state index in [1.165, 1.54) is 12.1 Å². The minimum atomic E-state index is -1.60. The molecule has 9 N–H and O–H groups in total. The number of aromatic hydroxyl groups is 1. The van der Waals surface area contributed by atoms with Crippen molar-refractivity contribution >= 4 is 12.6 Å². The quantitative estimate of drug-likeness (QED) is 0.361. The fourth-order valence-electron chi connectivity index (χ4n) is 0.706. The number of phenols is 1. The zero-order valence-electron chi connectivity index (χ0n) is 6.64. The Morgan fingerprint density at radius 3 is 1.83 bits per heavy atom. The normalized spacial score (nSPS) is 7.83. The SMILES string of the molecule is N.N.OB(O)c1ccccc1O. The molecule has 0 aromatic heterocycles. The maximum absolute atomic E-state index is 8.96. The predicted octanol–water partition coefficient (Wildman–Crippen LogP) is -0.604. The van der Waals surface area contributed by atoms with Crippen molar-refractivity contribution in [3.63, 3.8) is 0 Å². The van der Waals surface area contributed by atoms with E-state index in [0.29, 0.717) is 0 Å². The first-order chi connectivity index (χ1) is 4.72. The minimum Gasteiger partial charge on any atom is -0.508 e. The summed E-state index contributed by atoms with van der Waals surface area (Å²) in [6.45, 7) is 0. The fraction of sp³-hybridized carbons (Fsp3) is 0. The Kier molecular flexibility index (Phi) is 6.26. The van der Waals surface area contributed by atoms with Gasteiger partial charge in [-0.2, -0.15) is 0 Å². The van der Waals surface area contributed by atoms with Crippen LogP contribution >= 0.6 is 0 Å². The second-order valence-electron chi connectivity index (χ2n) is 1.93. The Hall–Kier alpha value is -1.08. The summed E-state index contributed by atoms with van der Waals surface area (Å²) in [5, 5.41) is 26.2. The Morgan fingerprint density at radius 2 is 1.50 bits per heavy atom. The number of benzene rings is 1. The van der Waals surface area contributed by atoms with Gasteiger partial charge in [-0.15, -0.1) is 0 Å². The van der Waals surface area contributed by atoms with Crippen LogP contribution in [0.3, 0.4) is 0 Å². The summed E-state index contributed by atoms with van der Waals surface area (Å²) in [7, 11) is -1.60. The van der Waals surface area contributed by atoms with Crippen molar-refractivity contribution in [2.75, 3.05) is 0 Å². The van der Waals surface area contributed by atoms with Crippen molar-refractivity contribution in [3.05, 3.63) is 24.3 Å². The summed E-state index contributed by atoms with van der Waals surface area (Å²) in [4.78, 5) is 0. The molecule has 0 spiro atoms. The van der Waals surface area contributed by atoms with E-state index >= 15 is 0 Å². The molecule has 0 aliphatic rings. The van der Waals surface area contributed by atoms with Crippen LogP contribution in [0.1, 0.15) is 0 Å². The molecule has 1 rings (SSSR count). The molecule has 0 heterocycles. The highest BCUT2D eigenvalue weighted by Gasteiger charge is 2.13. The molecule has 1 aromatic carbocycles. The first kappa shape index (κ1) is 13.5. The highest BCUT2D eigenvalue weighted by atomic mass is 16.4. The number of hydrogen-bond donors (Lipinski definition) is 5. The van der Waals surface area contributed by atoms with Crippen LogP contribution in [0, 0.1) is 0 Å². The van der Waals surface area contributed by atoms with E-state index in [-0.39, 0.29) is 23.5 Å². The summed E-state index contributed by atoms with van der Waals surface area (Å²) >= 11 is 0. The van der Waals surface area contributed by atoms with Crippen molar-refractivity contribution in [1.29, 1.82) is 0 Å². The number of hydrogen-bond acceptors (Lipinski definition) is 5. The summed E-state index contributed by atoms with van der Waals surface area (Å²) in [6.07, 6.45) is 0. The van der Waals surface area contributed by atoms with E-state index in [4.69, 9.17) is 15.2 Å². The second-order valence-corrected chi connectivity index (χ2v) is 1.93. The first-order valence-electron chi connectivity index (χ1n) is 2.86. The molecule has 0 saturated heterocycles. The molecule has 0 saturated carbocycles. The van der Waals surface area contributed by atoms with Gasteiger partial charge in [0.2, 0.25) is 0 Å². The molecule has 68 valence electrons. The molecule has 6 heteroatoms. The van der Waals surface area contributed by atoms with E-state index in [1.807, 2.05) is 0 Å².